The molecule has 0 radical (unpaired) electrons. The molecule has 5 heteroatoms. The topological polar surface area (TPSA) is 87.6 Å². The highest BCUT2D eigenvalue weighted by molar-refractivity contribution is 5.93. The summed E-state index contributed by atoms with van der Waals surface area (Å²) >= 11 is 0. The second-order valence-corrected chi connectivity index (χ2v) is 3.78. The van der Waals surface area contributed by atoms with Gasteiger partial charge in [0.05, 0.1) is 5.39 Å². The Morgan fingerprint density at radius 3 is 2.76 bits per heavy atom. The first-order chi connectivity index (χ1) is 8.25. The predicted molar refractivity (Wildman–Crippen MR) is 66.6 cm³/mol. The number of hydrogen-bond acceptors (Lipinski definition) is 3. The molecule has 3 heterocycles. The number of fused-ring (bicyclic) bond motifs is 1. The zero-order valence-corrected chi connectivity index (χ0v) is 8.90. The van der Waals surface area contributed by atoms with Crippen molar-refractivity contribution in [3.8, 4) is 11.1 Å². The number of rotatable bonds is 1. The first kappa shape index (κ1) is 9.65. The van der Waals surface area contributed by atoms with Crippen LogP contribution in [0.5, 0.6) is 0 Å². The Labute approximate surface area is 96.3 Å². The Kier molecular flexibility index (Phi) is 1.98. The third kappa shape index (κ3) is 1.48. The summed E-state index contributed by atoms with van der Waals surface area (Å²) in [5.41, 5.74) is 7.93. The average Bonchev–Trinajstić information content (AvgIpc) is 2.74. The molecule has 0 bridgehead atoms. The van der Waals surface area contributed by atoms with E-state index in [4.69, 9.17) is 5.73 Å². The SMILES string of the molecule is Nc1cc(=O)c2c(-c3ccncc3)c[nH]c2[nH]1. The molecule has 84 valence electrons. The number of nitrogens with zero attached hydrogens (tertiary/aromatic N) is 1. The van der Waals surface area contributed by atoms with Crippen LogP contribution in [0.3, 0.4) is 0 Å². The van der Waals surface area contributed by atoms with Crippen LogP contribution in [0, 0.1) is 0 Å². The van der Waals surface area contributed by atoms with E-state index in [1.165, 1.54) is 6.07 Å². The molecule has 3 aromatic rings. The highest BCUT2D eigenvalue weighted by Crippen LogP contribution is 2.24. The first-order valence-corrected chi connectivity index (χ1v) is 5.16. The maximum atomic E-state index is 11.9. The van der Waals surface area contributed by atoms with Gasteiger partial charge in [0.25, 0.3) is 0 Å². The average molecular weight is 226 g/mol. The molecular formula is C12H10N4O. The summed E-state index contributed by atoms with van der Waals surface area (Å²) < 4.78 is 0. The van der Waals surface area contributed by atoms with Crippen LogP contribution < -0.4 is 11.2 Å². The van der Waals surface area contributed by atoms with E-state index in [0.717, 1.165) is 11.1 Å². The summed E-state index contributed by atoms with van der Waals surface area (Å²) in [4.78, 5) is 21.8. The lowest BCUT2D eigenvalue weighted by Gasteiger charge is -1.98. The molecule has 3 aromatic heterocycles. The fourth-order valence-electron chi connectivity index (χ4n) is 1.93. The minimum absolute atomic E-state index is 0.0932. The van der Waals surface area contributed by atoms with Crippen LogP contribution in [0.25, 0.3) is 22.2 Å². The van der Waals surface area contributed by atoms with Gasteiger partial charge in [-0.1, -0.05) is 0 Å². The Morgan fingerprint density at radius 1 is 1.24 bits per heavy atom. The number of aromatic amines is 2. The third-order valence-corrected chi connectivity index (χ3v) is 2.67. The molecule has 0 atom stereocenters. The Balaban J connectivity index is 2.37. The number of nitrogens with two attached hydrogens (primary N) is 1. The van der Waals surface area contributed by atoms with Crippen LogP contribution in [0.1, 0.15) is 0 Å². The fourth-order valence-corrected chi connectivity index (χ4v) is 1.93. The number of nitrogens with one attached hydrogen (secondary N) is 2. The number of H-pyrrole nitrogens is 2. The molecule has 0 fully saturated rings. The van der Waals surface area contributed by atoms with Gasteiger partial charge in [-0.15, -0.1) is 0 Å². The van der Waals surface area contributed by atoms with Gasteiger partial charge in [-0.3, -0.25) is 9.78 Å². The van der Waals surface area contributed by atoms with Gasteiger partial charge >= 0.3 is 0 Å². The lowest BCUT2D eigenvalue weighted by molar-refractivity contribution is 1.32. The van der Waals surface area contributed by atoms with Crippen molar-refractivity contribution in [2.75, 3.05) is 5.73 Å². The first-order valence-electron chi connectivity index (χ1n) is 5.16. The molecule has 0 aromatic carbocycles. The maximum absolute atomic E-state index is 11.9. The molecule has 0 saturated carbocycles. The molecule has 3 rings (SSSR count). The Bertz CT molecular complexity index is 727. The zero-order valence-electron chi connectivity index (χ0n) is 8.90. The van der Waals surface area contributed by atoms with E-state index in [-0.39, 0.29) is 5.43 Å². The van der Waals surface area contributed by atoms with Gasteiger partial charge in [0.15, 0.2) is 5.43 Å². The molecule has 0 aliphatic heterocycles. The number of pyridine rings is 2. The molecule has 5 nitrogen and oxygen atoms in total. The van der Waals surface area contributed by atoms with Crippen LogP contribution >= 0.6 is 0 Å². The summed E-state index contributed by atoms with van der Waals surface area (Å²) in [6.45, 7) is 0. The van der Waals surface area contributed by atoms with Crippen molar-refractivity contribution in [3.63, 3.8) is 0 Å². The van der Waals surface area contributed by atoms with Gasteiger partial charge in [-0.2, -0.15) is 0 Å². The van der Waals surface area contributed by atoms with E-state index in [2.05, 4.69) is 15.0 Å². The van der Waals surface area contributed by atoms with Crippen molar-refractivity contribution < 1.29 is 0 Å². The molecule has 0 aliphatic rings. The van der Waals surface area contributed by atoms with Crippen molar-refractivity contribution in [2.24, 2.45) is 0 Å². The van der Waals surface area contributed by atoms with Crippen molar-refractivity contribution in [3.05, 3.63) is 47.0 Å². The number of anilines is 1. The number of hydrogen-bond donors (Lipinski definition) is 3. The minimum atomic E-state index is -0.0932. The van der Waals surface area contributed by atoms with Gasteiger partial charge in [0.1, 0.15) is 11.5 Å². The standard InChI is InChI=1S/C12H10N4O/c13-10-5-9(17)11-8(6-15-12(11)16-10)7-1-3-14-4-2-7/h1-6H,(H4,13,15,16,17). The number of aromatic nitrogens is 3. The van der Waals surface area contributed by atoms with Crippen molar-refractivity contribution >= 4 is 16.9 Å². The quantitative estimate of drug-likeness (QED) is 0.587. The van der Waals surface area contributed by atoms with Crippen molar-refractivity contribution in [1.82, 2.24) is 15.0 Å². The van der Waals surface area contributed by atoms with E-state index in [9.17, 15) is 4.79 Å². The summed E-state index contributed by atoms with van der Waals surface area (Å²) in [6, 6.07) is 5.11. The monoisotopic (exact) mass is 226 g/mol. The summed E-state index contributed by atoms with van der Waals surface area (Å²) in [7, 11) is 0. The van der Waals surface area contributed by atoms with E-state index in [1.54, 1.807) is 18.6 Å². The van der Waals surface area contributed by atoms with E-state index < -0.39 is 0 Å². The molecule has 17 heavy (non-hydrogen) atoms. The van der Waals surface area contributed by atoms with E-state index in [0.29, 0.717) is 16.9 Å². The second kappa shape index (κ2) is 3.48. The van der Waals surface area contributed by atoms with E-state index >= 15 is 0 Å². The van der Waals surface area contributed by atoms with Gasteiger partial charge in [-0.05, 0) is 17.7 Å². The minimum Gasteiger partial charge on any atom is -0.385 e. The van der Waals surface area contributed by atoms with Crippen LogP contribution in [-0.4, -0.2) is 15.0 Å². The molecule has 0 spiro atoms. The van der Waals surface area contributed by atoms with Gasteiger partial charge < -0.3 is 15.7 Å². The molecule has 4 N–H and O–H groups in total. The van der Waals surface area contributed by atoms with Crippen LogP contribution in [0.4, 0.5) is 5.82 Å². The maximum Gasteiger partial charge on any atom is 0.193 e. The van der Waals surface area contributed by atoms with Gasteiger partial charge in [0, 0.05) is 30.2 Å². The summed E-state index contributed by atoms with van der Waals surface area (Å²) in [6.07, 6.45) is 5.18. The molecule has 0 aliphatic carbocycles. The molecule has 0 saturated heterocycles. The number of nitrogen functional groups attached to an aromatic ring is 1. The smallest absolute Gasteiger partial charge is 0.193 e. The normalized spacial score (nSPS) is 10.8. The van der Waals surface area contributed by atoms with Crippen LogP contribution in [0.2, 0.25) is 0 Å². The van der Waals surface area contributed by atoms with Crippen LogP contribution in [-0.2, 0) is 0 Å². The highest BCUT2D eigenvalue weighted by atomic mass is 16.1. The Morgan fingerprint density at radius 2 is 2.00 bits per heavy atom. The fraction of sp³-hybridized carbons (Fsp3) is 0. The predicted octanol–water partition coefficient (Wildman–Crippen LogP) is 1.50. The van der Waals surface area contributed by atoms with Crippen molar-refractivity contribution in [2.45, 2.75) is 0 Å². The second-order valence-electron chi connectivity index (χ2n) is 3.78. The molecule has 0 unspecified atom stereocenters. The van der Waals surface area contributed by atoms with E-state index in [1.807, 2.05) is 12.1 Å². The largest absolute Gasteiger partial charge is 0.385 e. The summed E-state index contributed by atoms with van der Waals surface area (Å²) in [5.74, 6) is 0.352. The summed E-state index contributed by atoms with van der Waals surface area (Å²) in [5, 5.41) is 0.616. The third-order valence-electron chi connectivity index (χ3n) is 2.67. The molecular weight excluding hydrogens is 216 g/mol. The van der Waals surface area contributed by atoms with Gasteiger partial charge in [-0.25, -0.2) is 0 Å². The molecule has 0 amide bonds. The zero-order chi connectivity index (χ0) is 11.8. The Hall–Kier alpha value is -2.56. The van der Waals surface area contributed by atoms with Gasteiger partial charge in [0.2, 0.25) is 0 Å². The lowest BCUT2D eigenvalue weighted by atomic mass is 10.1. The van der Waals surface area contributed by atoms with Crippen molar-refractivity contribution in [1.29, 1.82) is 0 Å². The lowest BCUT2D eigenvalue weighted by Crippen LogP contribution is -2.04. The highest BCUT2D eigenvalue weighted by Gasteiger charge is 2.09. The van der Waals surface area contributed by atoms with Crippen LogP contribution in [0.15, 0.2) is 41.6 Å².